The molecule has 5 aromatic rings. The fourth-order valence-corrected chi connectivity index (χ4v) is 12.8. The van der Waals surface area contributed by atoms with Gasteiger partial charge in [-0.05, 0) is 77.1 Å². The Balaban J connectivity index is 1.41. The van der Waals surface area contributed by atoms with Crippen LogP contribution in [-0.4, -0.2) is 118 Å². The maximum absolute atomic E-state index is 16.0. The Morgan fingerprint density at radius 1 is 0.912 bits per heavy atom. The summed E-state index contributed by atoms with van der Waals surface area (Å²) in [7, 11) is -10.7. The van der Waals surface area contributed by atoms with E-state index in [9.17, 15) is 9.90 Å². The van der Waals surface area contributed by atoms with Gasteiger partial charge in [0, 0.05) is 45.0 Å². The second-order valence-electron chi connectivity index (χ2n) is 18.7. The highest BCUT2D eigenvalue weighted by atomic mass is 32.2. The van der Waals surface area contributed by atoms with Crippen LogP contribution in [0.2, 0.25) is 18.1 Å². The number of tetrazole rings is 1. The molecular weight excluding hydrogens is 927 g/mol. The predicted molar refractivity (Wildman–Crippen MR) is 262 cm³/mol. The van der Waals surface area contributed by atoms with Crippen molar-refractivity contribution in [3.8, 4) is 17.1 Å². The minimum atomic E-state index is -4.85. The number of aliphatic imine (C=N–C) groups is 1. The SMILES string of the molecule is COc1ccc(Cn2nnc(-c3c(N4CCC5(CC4)CN=C(N)N5)ccc(S(=O)(=O)NCC(CNC(=O)O)O[Si](C)(C)C(C)(C)C)c3S(=O)(=O)N(Cc3ccccc3)Cc3ccccc3)n2)cc1. The van der Waals surface area contributed by atoms with Crippen molar-refractivity contribution >= 4 is 46.1 Å². The molecule has 4 aromatic carbocycles. The summed E-state index contributed by atoms with van der Waals surface area (Å²) in [4.78, 5) is 18.3. The van der Waals surface area contributed by atoms with Crippen molar-refractivity contribution in [2.75, 3.05) is 44.7 Å². The van der Waals surface area contributed by atoms with Crippen LogP contribution in [0.15, 0.2) is 112 Å². The number of piperidine rings is 1. The first-order chi connectivity index (χ1) is 32.2. The lowest BCUT2D eigenvalue weighted by molar-refractivity contribution is 0.163. The summed E-state index contributed by atoms with van der Waals surface area (Å²) >= 11 is 0. The van der Waals surface area contributed by atoms with Crippen molar-refractivity contribution in [1.82, 2.24) is 39.9 Å². The van der Waals surface area contributed by atoms with E-state index in [2.05, 4.69) is 30.7 Å². The van der Waals surface area contributed by atoms with Gasteiger partial charge in [-0.3, -0.25) is 4.99 Å². The van der Waals surface area contributed by atoms with Crippen LogP contribution in [-0.2, 0) is 44.1 Å². The number of aromatic nitrogens is 4. The molecule has 1 amide bonds. The van der Waals surface area contributed by atoms with Gasteiger partial charge in [-0.25, -0.2) is 26.4 Å². The van der Waals surface area contributed by atoms with Crippen LogP contribution in [0.4, 0.5) is 10.5 Å². The second kappa shape index (κ2) is 20.4. The number of amides is 1. The van der Waals surface area contributed by atoms with Gasteiger partial charge in [0.1, 0.15) is 15.5 Å². The molecule has 1 unspecified atom stereocenters. The van der Waals surface area contributed by atoms with Crippen LogP contribution >= 0.6 is 0 Å². The van der Waals surface area contributed by atoms with Crippen LogP contribution < -0.4 is 30.7 Å². The maximum Gasteiger partial charge on any atom is 0.404 e. The van der Waals surface area contributed by atoms with Crippen LogP contribution in [0.25, 0.3) is 11.4 Å². The average Bonchev–Trinajstić information content (AvgIpc) is 3.92. The quantitative estimate of drug-likeness (QED) is 0.0685. The first kappa shape index (κ1) is 50.0. The number of methoxy groups -OCH3 is 1. The van der Waals surface area contributed by atoms with Gasteiger partial charge in [-0.15, -0.1) is 10.2 Å². The Bertz CT molecular complexity index is 2760. The van der Waals surface area contributed by atoms with Gasteiger partial charge in [0.15, 0.2) is 14.3 Å². The third-order valence-electron chi connectivity index (χ3n) is 12.8. The number of carboxylic acid groups (broad SMARTS) is 1. The van der Waals surface area contributed by atoms with Gasteiger partial charge in [-0.2, -0.15) is 9.10 Å². The van der Waals surface area contributed by atoms with Gasteiger partial charge in [-0.1, -0.05) is 93.6 Å². The van der Waals surface area contributed by atoms with Crippen LogP contribution in [0.5, 0.6) is 5.75 Å². The van der Waals surface area contributed by atoms with Crippen molar-refractivity contribution in [2.45, 2.75) is 92.8 Å². The van der Waals surface area contributed by atoms with E-state index >= 15 is 16.8 Å². The lowest BCUT2D eigenvalue weighted by Gasteiger charge is -2.41. The molecule has 19 nitrogen and oxygen atoms in total. The molecule has 1 fully saturated rings. The van der Waals surface area contributed by atoms with Crippen molar-refractivity contribution < 1.29 is 35.9 Å². The zero-order valence-corrected chi connectivity index (χ0v) is 41.8. The van der Waals surface area contributed by atoms with E-state index in [1.54, 1.807) is 49.6 Å². The number of hydrogen-bond donors (Lipinski definition) is 5. The molecule has 7 rings (SSSR count). The van der Waals surface area contributed by atoms with Crippen molar-refractivity contribution in [2.24, 2.45) is 10.7 Å². The molecule has 0 aliphatic carbocycles. The Hall–Kier alpha value is -5.91. The van der Waals surface area contributed by atoms with E-state index < -0.39 is 50.4 Å². The molecule has 0 saturated carbocycles. The van der Waals surface area contributed by atoms with Crippen molar-refractivity contribution in [3.05, 3.63) is 114 Å². The van der Waals surface area contributed by atoms with Gasteiger partial charge >= 0.3 is 6.09 Å². The van der Waals surface area contributed by atoms with E-state index in [1.165, 1.54) is 15.2 Å². The van der Waals surface area contributed by atoms with E-state index in [1.807, 2.05) is 87.3 Å². The third-order valence-corrected chi connectivity index (χ3v) is 20.8. The van der Waals surface area contributed by atoms with Crippen molar-refractivity contribution in [3.63, 3.8) is 0 Å². The smallest absolute Gasteiger partial charge is 0.404 e. The fraction of sp³-hybridized carbons (Fsp3) is 0.413. The third kappa shape index (κ3) is 11.7. The van der Waals surface area contributed by atoms with Crippen molar-refractivity contribution in [1.29, 1.82) is 0 Å². The summed E-state index contributed by atoms with van der Waals surface area (Å²) in [6.07, 6.45) is -1.08. The Morgan fingerprint density at radius 2 is 1.53 bits per heavy atom. The van der Waals surface area contributed by atoms with Crippen LogP contribution in [0, 0.1) is 0 Å². The van der Waals surface area contributed by atoms with E-state index in [0.29, 0.717) is 61.0 Å². The number of anilines is 1. The number of rotatable bonds is 19. The lowest BCUT2D eigenvalue weighted by atomic mass is 9.88. The molecule has 1 atom stereocenters. The normalized spacial score (nSPS) is 15.8. The Labute approximate surface area is 399 Å². The summed E-state index contributed by atoms with van der Waals surface area (Å²) in [6, 6.07) is 28.3. The zero-order chi connectivity index (χ0) is 48.9. The van der Waals surface area contributed by atoms with Gasteiger partial charge in [0.05, 0.1) is 37.4 Å². The summed E-state index contributed by atoms with van der Waals surface area (Å²) in [5.74, 6) is 0.907. The molecule has 2 aliphatic heterocycles. The molecule has 1 spiro atoms. The summed E-state index contributed by atoms with van der Waals surface area (Å²) in [5, 5.41) is 28.5. The number of carbonyl (C=O) groups is 1. The predicted octanol–water partition coefficient (Wildman–Crippen LogP) is 4.98. The minimum absolute atomic E-state index is 0.0484. The summed E-state index contributed by atoms with van der Waals surface area (Å²) in [5.41, 5.74) is 8.16. The second-order valence-corrected chi connectivity index (χ2v) is 27.0. The number of nitrogens with one attached hydrogen (secondary N) is 3. The molecular formula is C46H61N11O8S2Si. The number of ether oxygens (including phenoxy) is 1. The highest BCUT2D eigenvalue weighted by Crippen LogP contribution is 2.43. The molecule has 1 aromatic heterocycles. The molecule has 364 valence electrons. The van der Waals surface area contributed by atoms with E-state index in [-0.39, 0.29) is 54.7 Å². The first-order valence-corrected chi connectivity index (χ1v) is 28.2. The molecule has 0 bridgehead atoms. The standard InChI is InChI=1S/C46H61N11O8S2Si/c1-45(2,3)68(5,6)65-37(27-48-44(58)59)28-50-66(60,61)39-22-21-38(55-25-23-46(24-26-55)32-49-43(47)51-46)40(42-52-54-57(53-42)31-35-17-19-36(64-4)20-18-35)41(39)67(62,63)56(29-33-13-9-7-10-14-33)30-34-15-11-8-12-16-34/h7-22,37,48,50H,23-32H2,1-6H3,(H,58,59)(H3,47,49,51). The molecule has 22 heteroatoms. The summed E-state index contributed by atoms with van der Waals surface area (Å²) in [6.45, 7) is 10.6. The molecule has 3 heterocycles. The van der Waals surface area contributed by atoms with Gasteiger partial charge in [0.2, 0.25) is 25.9 Å². The van der Waals surface area contributed by atoms with Crippen LogP contribution in [0.3, 0.4) is 0 Å². The van der Waals surface area contributed by atoms with E-state index in [4.69, 9.17) is 20.0 Å². The number of nitrogens with zero attached hydrogens (tertiary/aromatic N) is 7. The number of sulfonamides is 2. The maximum atomic E-state index is 16.0. The lowest BCUT2D eigenvalue weighted by Crippen LogP contribution is -2.55. The molecule has 6 N–H and O–H groups in total. The monoisotopic (exact) mass is 987 g/mol. The molecule has 2 aliphatic rings. The van der Waals surface area contributed by atoms with Gasteiger partial charge in [0.25, 0.3) is 0 Å². The number of guanidine groups is 1. The highest BCUT2D eigenvalue weighted by molar-refractivity contribution is 7.92. The fourth-order valence-electron chi connectivity index (χ4n) is 8.01. The van der Waals surface area contributed by atoms with E-state index in [0.717, 1.165) is 5.56 Å². The zero-order valence-electron chi connectivity index (χ0n) is 39.2. The largest absolute Gasteiger partial charge is 0.497 e. The van der Waals surface area contributed by atoms with Crippen LogP contribution in [0.1, 0.15) is 50.3 Å². The molecule has 0 radical (unpaired) electrons. The summed E-state index contributed by atoms with van der Waals surface area (Å²) < 4.78 is 78.1. The number of hydrogen-bond acceptors (Lipinski definition) is 14. The number of benzene rings is 4. The minimum Gasteiger partial charge on any atom is -0.497 e. The Morgan fingerprint density at radius 3 is 2.07 bits per heavy atom. The molecule has 68 heavy (non-hydrogen) atoms. The molecule has 1 saturated heterocycles. The first-order valence-electron chi connectivity index (χ1n) is 22.3. The average molecular weight is 988 g/mol. The Kier molecular flexibility index (Phi) is 15.0. The topological polar surface area (TPSA) is 249 Å². The number of nitrogens with two attached hydrogens (primary N) is 1. The van der Waals surface area contributed by atoms with Gasteiger partial charge < -0.3 is 35.5 Å². The highest BCUT2D eigenvalue weighted by Gasteiger charge is 2.43.